The highest BCUT2D eigenvalue weighted by Crippen LogP contribution is 2.41. The minimum atomic E-state index is -0.232. The van der Waals surface area contributed by atoms with Gasteiger partial charge in [0.05, 0.1) is 0 Å². The van der Waals surface area contributed by atoms with Crippen LogP contribution in [0, 0.1) is 16.2 Å². The first-order valence-corrected chi connectivity index (χ1v) is 8.39. The van der Waals surface area contributed by atoms with E-state index in [1.54, 1.807) is 0 Å². The van der Waals surface area contributed by atoms with Gasteiger partial charge < -0.3 is 5.32 Å². The van der Waals surface area contributed by atoms with Crippen molar-refractivity contribution in [2.24, 2.45) is 16.2 Å². The summed E-state index contributed by atoms with van der Waals surface area (Å²) in [5.74, 6) is 0.381. The quantitative estimate of drug-likeness (QED) is 0.698. The van der Waals surface area contributed by atoms with Gasteiger partial charge in [-0.1, -0.05) is 54.9 Å². The van der Waals surface area contributed by atoms with Crippen LogP contribution in [0.25, 0.3) is 0 Å². The highest BCUT2D eigenvalue weighted by molar-refractivity contribution is 5.84. The van der Waals surface area contributed by atoms with Crippen LogP contribution in [0.3, 0.4) is 0 Å². The van der Waals surface area contributed by atoms with E-state index in [-0.39, 0.29) is 21.8 Å². The number of ketones is 1. The van der Waals surface area contributed by atoms with Gasteiger partial charge in [-0.3, -0.25) is 4.79 Å². The zero-order chi connectivity index (χ0) is 17.1. The Hall–Kier alpha value is -0.370. The molecule has 126 valence electrons. The molecule has 0 saturated carbocycles. The van der Waals surface area contributed by atoms with Crippen molar-refractivity contribution >= 4 is 5.78 Å². The lowest BCUT2D eigenvalue weighted by Gasteiger charge is -2.39. The number of hydrogen-bond acceptors (Lipinski definition) is 2. The molecule has 1 unspecified atom stereocenters. The van der Waals surface area contributed by atoms with Crippen LogP contribution in [0.15, 0.2) is 0 Å². The minimum Gasteiger partial charge on any atom is -0.312 e. The van der Waals surface area contributed by atoms with Gasteiger partial charge in [-0.15, -0.1) is 0 Å². The van der Waals surface area contributed by atoms with E-state index >= 15 is 0 Å². The van der Waals surface area contributed by atoms with E-state index in [4.69, 9.17) is 0 Å². The number of carbonyl (C=O) groups is 1. The lowest BCUT2D eigenvalue weighted by molar-refractivity contribution is -0.129. The van der Waals surface area contributed by atoms with Gasteiger partial charge in [-0.2, -0.15) is 0 Å². The van der Waals surface area contributed by atoms with Gasteiger partial charge in [0.2, 0.25) is 0 Å². The number of rotatable bonds is 7. The second-order valence-electron chi connectivity index (χ2n) is 9.96. The van der Waals surface area contributed by atoms with E-state index in [1.807, 2.05) is 20.8 Å². The molecule has 0 aliphatic carbocycles. The van der Waals surface area contributed by atoms with Crippen LogP contribution in [0.2, 0.25) is 0 Å². The van der Waals surface area contributed by atoms with Crippen LogP contribution in [0.5, 0.6) is 0 Å². The normalized spacial score (nSPS) is 16.7. The molecule has 0 bridgehead atoms. The molecule has 2 nitrogen and oxygen atoms in total. The fraction of sp³-hybridized carbons (Fsp3) is 0.947. The van der Waals surface area contributed by atoms with Crippen LogP contribution in [-0.4, -0.2) is 17.9 Å². The second kappa shape index (κ2) is 6.81. The van der Waals surface area contributed by atoms with Crippen molar-refractivity contribution in [1.82, 2.24) is 5.32 Å². The van der Waals surface area contributed by atoms with Crippen molar-refractivity contribution in [2.75, 3.05) is 6.54 Å². The summed E-state index contributed by atoms with van der Waals surface area (Å²) in [6.07, 6.45) is 2.81. The molecule has 0 fully saturated rings. The Morgan fingerprint density at radius 2 is 1.38 bits per heavy atom. The van der Waals surface area contributed by atoms with Crippen LogP contribution in [0.1, 0.15) is 88.5 Å². The summed E-state index contributed by atoms with van der Waals surface area (Å²) in [5, 5.41) is 3.61. The summed E-state index contributed by atoms with van der Waals surface area (Å²) >= 11 is 0. The molecular formula is C19H39NO. The highest BCUT2D eigenvalue weighted by atomic mass is 16.1. The topological polar surface area (TPSA) is 29.1 Å². The summed E-state index contributed by atoms with van der Waals surface area (Å²) in [5.41, 5.74) is 0.189. The smallest absolute Gasteiger partial charge is 0.138 e. The summed E-state index contributed by atoms with van der Waals surface area (Å²) < 4.78 is 0. The SMILES string of the molecule is CCC(C)(CC(=O)C(C)(C)C)CC(C)(C)CNC(C)(C)C. The van der Waals surface area contributed by atoms with Gasteiger partial charge in [0.25, 0.3) is 0 Å². The predicted octanol–water partition coefficient (Wildman–Crippen LogP) is 5.21. The largest absolute Gasteiger partial charge is 0.312 e. The Labute approximate surface area is 133 Å². The van der Waals surface area contributed by atoms with Crippen molar-refractivity contribution in [3.05, 3.63) is 0 Å². The maximum Gasteiger partial charge on any atom is 0.138 e. The van der Waals surface area contributed by atoms with Crippen molar-refractivity contribution in [3.63, 3.8) is 0 Å². The van der Waals surface area contributed by atoms with Gasteiger partial charge in [-0.25, -0.2) is 0 Å². The third kappa shape index (κ3) is 8.60. The van der Waals surface area contributed by atoms with Crippen LogP contribution in [-0.2, 0) is 4.79 Å². The fourth-order valence-electron chi connectivity index (χ4n) is 2.69. The first-order chi connectivity index (χ1) is 9.10. The first kappa shape index (κ1) is 20.6. The number of carbonyl (C=O) groups excluding carboxylic acids is 1. The third-order valence-corrected chi connectivity index (χ3v) is 4.28. The van der Waals surface area contributed by atoms with Gasteiger partial charge >= 0.3 is 0 Å². The molecule has 21 heavy (non-hydrogen) atoms. The number of nitrogens with one attached hydrogen (secondary N) is 1. The number of Topliss-reactive ketones (excluding diaryl/α,β-unsaturated/α-hetero) is 1. The molecule has 1 atom stereocenters. The average Bonchev–Trinajstić information content (AvgIpc) is 2.23. The van der Waals surface area contributed by atoms with E-state index in [1.165, 1.54) is 0 Å². The van der Waals surface area contributed by atoms with Crippen molar-refractivity contribution in [1.29, 1.82) is 0 Å². The summed E-state index contributed by atoms with van der Waals surface area (Å²) in [4.78, 5) is 12.4. The molecule has 0 rings (SSSR count). The van der Waals surface area contributed by atoms with E-state index in [2.05, 4.69) is 53.8 Å². The fourth-order valence-corrected chi connectivity index (χ4v) is 2.69. The Morgan fingerprint density at radius 1 is 0.905 bits per heavy atom. The number of hydrogen-bond donors (Lipinski definition) is 1. The van der Waals surface area contributed by atoms with Crippen LogP contribution < -0.4 is 5.32 Å². The molecule has 0 saturated heterocycles. The molecule has 0 aromatic heterocycles. The molecular weight excluding hydrogens is 258 g/mol. The highest BCUT2D eigenvalue weighted by Gasteiger charge is 2.36. The zero-order valence-corrected chi connectivity index (χ0v) is 16.2. The third-order valence-electron chi connectivity index (χ3n) is 4.28. The van der Waals surface area contributed by atoms with E-state index in [0.29, 0.717) is 12.2 Å². The predicted molar refractivity (Wildman–Crippen MR) is 93.6 cm³/mol. The molecule has 0 radical (unpaired) electrons. The van der Waals surface area contributed by atoms with E-state index in [9.17, 15) is 4.79 Å². The molecule has 2 heteroatoms. The minimum absolute atomic E-state index is 0.0907. The molecule has 0 amide bonds. The average molecular weight is 298 g/mol. The van der Waals surface area contributed by atoms with Gasteiger partial charge in [0, 0.05) is 23.9 Å². The van der Waals surface area contributed by atoms with Gasteiger partial charge in [0.15, 0.2) is 0 Å². The monoisotopic (exact) mass is 297 g/mol. The molecule has 0 aliphatic heterocycles. The molecule has 0 aliphatic rings. The second-order valence-corrected chi connectivity index (χ2v) is 9.96. The summed E-state index contributed by atoms with van der Waals surface area (Å²) in [6, 6.07) is 0. The lowest BCUT2D eigenvalue weighted by Crippen LogP contribution is -2.44. The summed E-state index contributed by atoms with van der Waals surface area (Å²) in [6.45, 7) is 22.8. The lowest BCUT2D eigenvalue weighted by atomic mass is 9.67. The maximum atomic E-state index is 12.4. The zero-order valence-electron chi connectivity index (χ0n) is 16.2. The Bertz CT molecular complexity index is 344. The van der Waals surface area contributed by atoms with E-state index in [0.717, 1.165) is 19.4 Å². The molecule has 1 N–H and O–H groups in total. The maximum absolute atomic E-state index is 12.4. The first-order valence-electron chi connectivity index (χ1n) is 8.39. The van der Waals surface area contributed by atoms with Gasteiger partial charge in [-0.05, 0) is 38.0 Å². The Kier molecular flexibility index (Phi) is 6.69. The molecule has 0 aromatic rings. The van der Waals surface area contributed by atoms with Crippen LogP contribution in [0.4, 0.5) is 0 Å². The van der Waals surface area contributed by atoms with Crippen molar-refractivity contribution in [2.45, 2.75) is 94.0 Å². The molecule has 0 aromatic carbocycles. The van der Waals surface area contributed by atoms with Crippen molar-refractivity contribution in [3.8, 4) is 0 Å². The van der Waals surface area contributed by atoms with Gasteiger partial charge in [0.1, 0.15) is 5.78 Å². The standard InChI is InChI=1S/C19H39NO/c1-11-19(10,12-15(21)16(2,3)4)13-18(8,9)14-20-17(5,6)7/h20H,11-14H2,1-10H3. The van der Waals surface area contributed by atoms with Crippen molar-refractivity contribution < 1.29 is 4.79 Å². The Balaban J connectivity index is 4.83. The van der Waals surface area contributed by atoms with Crippen LogP contribution >= 0.6 is 0 Å². The Morgan fingerprint density at radius 3 is 1.71 bits per heavy atom. The van der Waals surface area contributed by atoms with E-state index < -0.39 is 0 Å². The molecule has 0 heterocycles. The molecule has 0 spiro atoms. The summed E-state index contributed by atoms with van der Waals surface area (Å²) in [7, 11) is 0.